The average Bonchev–Trinajstić information content (AvgIpc) is 2.98. The quantitative estimate of drug-likeness (QED) is 0.642. The third kappa shape index (κ3) is 3.34. The zero-order chi connectivity index (χ0) is 16.2. The lowest BCUT2D eigenvalue weighted by molar-refractivity contribution is 0.457. The van der Waals surface area contributed by atoms with Crippen molar-refractivity contribution >= 4 is 0 Å². The molecule has 23 heavy (non-hydrogen) atoms. The van der Waals surface area contributed by atoms with Gasteiger partial charge in [-0.25, -0.2) is 9.67 Å². The highest BCUT2D eigenvalue weighted by Gasteiger charge is 2.15. The summed E-state index contributed by atoms with van der Waals surface area (Å²) in [5, 5.41) is 4.61. The molecule has 1 atom stereocenters. The summed E-state index contributed by atoms with van der Waals surface area (Å²) in [5.41, 5.74) is 3.55. The van der Waals surface area contributed by atoms with Crippen molar-refractivity contribution in [3.63, 3.8) is 0 Å². The van der Waals surface area contributed by atoms with E-state index < -0.39 is 0 Å². The van der Waals surface area contributed by atoms with Crippen LogP contribution in [0.5, 0.6) is 0 Å². The lowest BCUT2D eigenvalue weighted by atomic mass is 10.0. The van der Waals surface area contributed by atoms with Crippen molar-refractivity contribution < 1.29 is 0 Å². The largest absolute Gasteiger partial charge is 0.243 e. The van der Waals surface area contributed by atoms with Gasteiger partial charge in [0.15, 0.2) is 5.82 Å². The lowest BCUT2D eigenvalue weighted by Gasteiger charge is -2.14. The molecule has 0 saturated heterocycles. The van der Waals surface area contributed by atoms with Gasteiger partial charge in [0, 0.05) is 5.56 Å². The molecular formula is C20H23N3. The van der Waals surface area contributed by atoms with Crippen LogP contribution in [0.3, 0.4) is 0 Å². The Morgan fingerprint density at radius 2 is 1.65 bits per heavy atom. The molecule has 1 aromatic heterocycles. The Morgan fingerprint density at radius 1 is 0.957 bits per heavy atom. The molecule has 0 aliphatic carbocycles. The van der Waals surface area contributed by atoms with E-state index >= 15 is 0 Å². The Morgan fingerprint density at radius 3 is 2.39 bits per heavy atom. The first-order valence-electron chi connectivity index (χ1n) is 8.28. The zero-order valence-electron chi connectivity index (χ0n) is 14.0. The highest BCUT2D eigenvalue weighted by Crippen LogP contribution is 2.27. The van der Waals surface area contributed by atoms with Crippen molar-refractivity contribution in [3.8, 4) is 22.5 Å². The third-order valence-corrected chi connectivity index (χ3v) is 4.09. The summed E-state index contributed by atoms with van der Waals surface area (Å²) in [7, 11) is 0. The smallest absolute Gasteiger partial charge is 0.158 e. The molecule has 0 spiro atoms. The fourth-order valence-electron chi connectivity index (χ4n) is 2.94. The molecule has 1 heterocycles. The van der Waals surface area contributed by atoms with E-state index in [2.05, 4.69) is 77.1 Å². The van der Waals surface area contributed by atoms with Crippen molar-refractivity contribution in [3.05, 3.63) is 60.4 Å². The minimum Gasteiger partial charge on any atom is -0.243 e. The van der Waals surface area contributed by atoms with E-state index in [1.807, 2.05) is 13.0 Å². The molecule has 0 fully saturated rings. The molecule has 0 bridgehead atoms. The molecule has 0 radical (unpaired) electrons. The summed E-state index contributed by atoms with van der Waals surface area (Å²) in [6.45, 7) is 6.37. The van der Waals surface area contributed by atoms with Crippen LogP contribution in [-0.4, -0.2) is 14.8 Å². The van der Waals surface area contributed by atoms with Gasteiger partial charge in [0.05, 0.1) is 6.04 Å². The number of benzene rings is 2. The lowest BCUT2D eigenvalue weighted by Crippen LogP contribution is -2.08. The first-order chi connectivity index (χ1) is 11.2. The maximum atomic E-state index is 4.67. The van der Waals surface area contributed by atoms with Crippen LogP contribution in [0.25, 0.3) is 22.5 Å². The number of hydrogen-bond donors (Lipinski definition) is 0. The molecule has 2 aromatic carbocycles. The predicted molar refractivity (Wildman–Crippen MR) is 95.3 cm³/mol. The summed E-state index contributed by atoms with van der Waals surface area (Å²) in [4.78, 5) is 4.67. The normalized spacial score (nSPS) is 12.3. The first-order valence-corrected chi connectivity index (χ1v) is 8.28. The SMILES string of the molecule is CCCC(C)n1nc(C)nc1-c1cccc(-c2ccccc2)c1. The molecule has 0 saturated carbocycles. The Bertz CT molecular complexity index is 775. The molecule has 1 unspecified atom stereocenters. The van der Waals surface area contributed by atoms with Gasteiger partial charge in [-0.2, -0.15) is 5.10 Å². The highest BCUT2D eigenvalue weighted by molar-refractivity contribution is 5.70. The van der Waals surface area contributed by atoms with E-state index in [9.17, 15) is 0 Å². The number of aromatic nitrogens is 3. The van der Waals surface area contributed by atoms with E-state index in [-0.39, 0.29) is 0 Å². The van der Waals surface area contributed by atoms with Crippen molar-refractivity contribution in [2.75, 3.05) is 0 Å². The van der Waals surface area contributed by atoms with Gasteiger partial charge < -0.3 is 0 Å². The number of hydrogen-bond acceptors (Lipinski definition) is 2. The summed E-state index contributed by atoms with van der Waals surface area (Å²) in [6, 6.07) is 19.4. The summed E-state index contributed by atoms with van der Waals surface area (Å²) in [6.07, 6.45) is 2.25. The van der Waals surface area contributed by atoms with E-state index in [4.69, 9.17) is 0 Å². The minimum absolute atomic E-state index is 0.358. The molecule has 0 N–H and O–H groups in total. The zero-order valence-corrected chi connectivity index (χ0v) is 14.0. The van der Waals surface area contributed by atoms with Gasteiger partial charge in [-0.05, 0) is 37.5 Å². The standard InChI is InChI=1S/C20H23N3/c1-4-9-15(2)23-20(21-16(3)22-23)19-13-8-12-18(14-19)17-10-6-5-7-11-17/h5-8,10-15H,4,9H2,1-3H3. The number of aryl methyl sites for hydroxylation is 1. The van der Waals surface area contributed by atoms with Crippen LogP contribution in [0, 0.1) is 6.92 Å². The number of rotatable bonds is 5. The molecule has 0 aliphatic heterocycles. The second kappa shape index (κ2) is 6.78. The summed E-state index contributed by atoms with van der Waals surface area (Å²) in [5.74, 6) is 1.79. The van der Waals surface area contributed by atoms with Crippen molar-refractivity contribution in [1.29, 1.82) is 0 Å². The van der Waals surface area contributed by atoms with Crippen LogP contribution in [0.15, 0.2) is 54.6 Å². The molecule has 118 valence electrons. The second-order valence-corrected chi connectivity index (χ2v) is 6.01. The molecule has 0 aliphatic rings. The fraction of sp³-hybridized carbons (Fsp3) is 0.300. The Balaban J connectivity index is 2.03. The molecule has 3 rings (SSSR count). The third-order valence-electron chi connectivity index (χ3n) is 4.09. The molecule has 3 heteroatoms. The Hall–Kier alpha value is -2.42. The topological polar surface area (TPSA) is 30.7 Å². The first kappa shape index (κ1) is 15.5. The predicted octanol–water partition coefficient (Wildman–Crippen LogP) is 5.28. The fourth-order valence-corrected chi connectivity index (χ4v) is 2.94. The van der Waals surface area contributed by atoms with Gasteiger partial charge in [-0.15, -0.1) is 0 Å². The molecule has 3 aromatic rings. The van der Waals surface area contributed by atoms with Gasteiger partial charge >= 0.3 is 0 Å². The summed E-state index contributed by atoms with van der Waals surface area (Å²) < 4.78 is 2.07. The van der Waals surface area contributed by atoms with E-state index in [1.54, 1.807) is 0 Å². The highest BCUT2D eigenvalue weighted by atomic mass is 15.4. The summed E-state index contributed by atoms with van der Waals surface area (Å²) >= 11 is 0. The van der Waals surface area contributed by atoms with Gasteiger partial charge in [0.25, 0.3) is 0 Å². The van der Waals surface area contributed by atoms with E-state index in [0.29, 0.717) is 6.04 Å². The van der Waals surface area contributed by atoms with Gasteiger partial charge in [-0.1, -0.05) is 61.9 Å². The van der Waals surface area contributed by atoms with Crippen molar-refractivity contribution in [2.24, 2.45) is 0 Å². The average molecular weight is 305 g/mol. The van der Waals surface area contributed by atoms with Crippen LogP contribution in [0.1, 0.15) is 38.6 Å². The van der Waals surface area contributed by atoms with E-state index in [0.717, 1.165) is 30.1 Å². The maximum absolute atomic E-state index is 4.67. The van der Waals surface area contributed by atoms with Crippen molar-refractivity contribution in [1.82, 2.24) is 14.8 Å². The molecular weight excluding hydrogens is 282 g/mol. The van der Waals surface area contributed by atoms with Crippen LogP contribution >= 0.6 is 0 Å². The van der Waals surface area contributed by atoms with Crippen LogP contribution in [0.4, 0.5) is 0 Å². The van der Waals surface area contributed by atoms with Crippen molar-refractivity contribution in [2.45, 2.75) is 39.7 Å². The van der Waals surface area contributed by atoms with E-state index in [1.165, 1.54) is 11.1 Å². The number of nitrogens with zero attached hydrogens (tertiary/aromatic N) is 3. The second-order valence-electron chi connectivity index (χ2n) is 6.01. The monoisotopic (exact) mass is 305 g/mol. The van der Waals surface area contributed by atoms with Crippen LogP contribution < -0.4 is 0 Å². The van der Waals surface area contributed by atoms with Gasteiger partial charge in [0.2, 0.25) is 0 Å². The van der Waals surface area contributed by atoms with Gasteiger partial charge in [0.1, 0.15) is 5.82 Å². The maximum Gasteiger partial charge on any atom is 0.158 e. The molecule has 3 nitrogen and oxygen atoms in total. The van der Waals surface area contributed by atoms with Crippen LogP contribution in [-0.2, 0) is 0 Å². The molecule has 0 amide bonds. The minimum atomic E-state index is 0.358. The Labute approximate surface area is 138 Å². The Kier molecular flexibility index (Phi) is 4.56. The van der Waals surface area contributed by atoms with Gasteiger partial charge in [-0.3, -0.25) is 0 Å². The van der Waals surface area contributed by atoms with Crippen LogP contribution in [0.2, 0.25) is 0 Å².